The quantitative estimate of drug-likeness (QED) is 0.885. The molecule has 0 radical (unpaired) electrons. The second kappa shape index (κ2) is 6.78. The molecule has 1 saturated carbocycles. The molecule has 4 rings (SSSR count). The lowest BCUT2D eigenvalue weighted by molar-refractivity contribution is 0.246. The van der Waals surface area contributed by atoms with Crippen LogP contribution in [0.5, 0.6) is 5.75 Å². The predicted octanol–water partition coefficient (Wildman–Crippen LogP) is 2.55. The highest BCUT2D eigenvalue weighted by atomic mass is 16.5. The first-order chi connectivity index (χ1) is 12.2. The van der Waals surface area contributed by atoms with E-state index >= 15 is 0 Å². The number of rotatable bonds is 4. The Morgan fingerprint density at radius 1 is 1.48 bits per heavy atom. The molecule has 3 aliphatic rings. The number of hydrogen-bond acceptors (Lipinski definition) is 4. The van der Waals surface area contributed by atoms with Crippen molar-refractivity contribution in [2.45, 2.75) is 38.3 Å². The SMILES string of the molecule is CCN(C(=O)NC1CC1)c1ccc2c(c1)/C(=C/C1CNC=N1)CCO2. The molecular formula is C19H24N4O2. The van der Waals surface area contributed by atoms with Crippen LogP contribution >= 0.6 is 0 Å². The maximum atomic E-state index is 12.5. The summed E-state index contributed by atoms with van der Waals surface area (Å²) < 4.78 is 5.81. The zero-order valence-electron chi connectivity index (χ0n) is 14.5. The molecule has 1 fully saturated rings. The number of urea groups is 1. The third-order valence-electron chi connectivity index (χ3n) is 4.79. The number of benzene rings is 1. The molecule has 2 heterocycles. The molecule has 1 unspecified atom stereocenters. The Morgan fingerprint density at radius 3 is 3.08 bits per heavy atom. The van der Waals surface area contributed by atoms with E-state index in [1.807, 2.05) is 19.1 Å². The molecule has 132 valence electrons. The van der Waals surface area contributed by atoms with Gasteiger partial charge in [-0.1, -0.05) is 6.08 Å². The normalized spacial score (nSPS) is 22.9. The van der Waals surface area contributed by atoms with Gasteiger partial charge in [0.2, 0.25) is 0 Å². The number of amides is 2. The van der Waals surface area contributed by atoms with E-state index < -0.39 is 0 Å². The van der Waals surface area contributed by atoms with E-state index in [1.54, 1.807) is 11.2 Å². The molecule has 2 amide bonds. The molecule has 0 saturated heterocycles. The van der Waals surface area contributed by atoms with Crippen LogP contribution in [0.3, 0.4) is 0 Å². The minimum atomic E-state index is -0.0169. The maximum absolute atomic E-state index is 12.5. The lowest BCUT2D eigenvalue weighted by Crippen LogP contribution is -2.41. The highest BCUT2D eigenvalue weighted by molar-refractivity contribution is 5.93. The number of nitrogens with one attached hydrogen (secondary N) is 2. The van der Waals surface area contributed by atoms with Crippen molar-refractivity contribution in [2.75, 3.05) is 24.6 Å². The topological polar surface area (TPSA) is 66.0 Å². The summed E-state index contributed by atoms with van der Waals surface area (Å²) in [5, 5.41) is 6.20. The summed E-state index contributed by atoms with van der Waals surface area (Å²) in [6.07, 6.45) is 7.01. The van der Waals surface area contributed by atoms with Crippen molar-refractivity contribution < 1.29 is 9.53 Å². The van der Waals surface area contributed by atoms with Gasteiger partial charge in [0.25, 0.3) is 0 Å². The third kappa shape index (κ3) is 3.48. The second-order valence-corrected chi connectivity index (χ2v) is 6.69. The standard InChI is InChI=1S/C19H24N4O2/c1-2-23(19(24)22-14-3-4-14)16-5-6-18-17(10-16)13(7-8-25-18)9-15-11-20-12-21-15/h5-6,9-10,12,14-15H,2-4,7-8,11H2,1H3,(H,20,21)(H,22,24)/b13-9+. The van der Waals surface area contributed by atoms with Crippen molar-refractivity contribution in [3.8, 4) is 5.75 Å². The van der Waals surface area contributed by atoms with Gasteiger partial charge in [0.1, 0.15) is 5.75 Å². The first-order valence-corrected chi connectivity index (χ1v) is 9.05. The summed E-state index contributed by atoms with van der Waals surface area (Å²) in [5.74, 6) is 0.884. The molecule has 1 aliphatic carbocycles. The number of anilines is 1. The third-order valence-corrected chi connectivity index (χ3v) is 4.79. The van der Waals surface area contributed by atoms with Crippen molar-refractivity contribution in [1.82, 2.24) is 10.6 Å². The smallest absolute Gasteiger partial charge is 0.322 e. The number of ether oxygens (including phenoxy) is 1. The summed E-state index contributed by atoms with van der Waals surface area (Å²) >= 11 is 0. The fourth-order valence-electron chi connectivity index (χ4n) is 3.27. The Hall–Kier alpha value is -2.50. The molecular weight excluding hydrogens is 316 g/mol. The Balaban J connectivity index is 1.62. The van der Waals surface area contributed by atoms with Crippen LogP contribution < -0.4 is 20.3 Å². The van der Waals surface area contributed by atoms with Crippen LogP contribution in [0, 0.1) is 0 Å². The summed E-state index contributed by atoms with van der Waals surface area (Å²) in [4.78, 5) is 18.7. The molecule has 0 bridgehead atoms. The van der Waals surface area contributed by atoms with E-state index in [2.05, 4.69) is 27.8 Å². The fraction of sp³-hybridized carbons (Fsp3) is 0.474. The molecule has 0 aromatic heterocycles. The van der Waals surface area contributed by atoms with Gasteiger partial charge >= 0.3 is 6.03 Å². The van der Waals surface area contributed by atoms with Gasteiger partial charge in [-0.3, -0.25) is 9.89 Å². The van der Waals surface area contributed by atoms with Crippen LogP contribution in [0.15, 0.2) is 29.3 Å². The molecule has 1 aromatic rings. The van der Waals surface area contributed by atoms with Gasteiger partial charge in [0.15, 0.2) is 0 Å². The van der Waals surface area contributed by atoms with Gasteiger partial charge in [0, 0.05) is 36.8 Å². The van der Waals surface area contributed by atoms with Crippen molar-refractivity contribution >= 4 is 23.6 Å². The van der Waals surface area contributed by atoms with E-state index in [1.165, 1.54) is 5.57 Å². The van der Waals surface area contributed by atoms with Gasteiger partial charge in [-0.05, 0) is 43.5 Å². The summed E-state index contributed by atoms with van der Waals surface area (Å²) in [5.41, 5.74) is 3.22. The Morgan fingerprint density at radius 2 is 2.36 bits per heavy atom. The number of carbonyl (C=O) groups is 1. The lowest BCUT2D eigenvalue weighted by atomic mass is 9.97. The predicted molar refractivity (Wildman–Crippen MR) is 99.4 cm³/mol. The highest BCUT2D eigenvalue weighted by Gasteiger charge is 2.27. The minimum absolute atomic E-state index is 0.0169. The summed E-state index contributed by atoms with van der Waals surface area (Å²) in [6.45, 7) is 4.15. The van der Waals surface area contributed by atoms with Crippen LogP contribution in [-0.4, -0.2) is 44.1 Å². The minimum Gasteiger partial charge on any atom is -0.493 e. The van der Waals surface area contributed by atoms with Crippen LogP contribution in [-0.2, 0) is 0 Å². The molecule has 6 heteroatoms. The summed E-state index contributed by atoms with van der Waals surface area (Å²) in [6, 6.07) is 6.52. The Labute approximate surface area is 147 Å². The largest absolute Gasteiger partial charge is 0.493 e. The van der Waals surface area contributed by atoms with Gasteiger partial charge in [-0.15, -0.1) is 0 Å². The zero-order chi connectivity index (χ0) is 17.2. The van der Waals surface area contributed by atoms with Crippen molar-refractivity contribution in [3.63, 3.8) is 0 Å². The van der Waals surface area contributed by atoms with Gasteiger partial charge < -0.3 is 15.4 Å². The van der Waals surface area contributed by atoms with Crippen LogP contribution in [0.2, 0.25) is 0 Å². The zero-order valence-corrected chi connectivity index (χ0v) is 14.5. The number of hydrogen-bond donors (Lipinski definition) is 2. The summed E-state index contributed by atoms with van der Waals surface area (Å²) in [7, 11) is 0. The van der Waals surface area contributed by atoms with Crippen LogP contribution in [0.4, 0.5) is 10.5 Å². The van der Waals surface area contributed by atoms with E-state index in [9.17, 15) is 4.79 Å². The fourth-order valence-corrected chi connectivity index (χ4v) is 3.27. The lowest BCUT2D eigenvalue weighted by Gasteiger charge is -2.26. The maximum Gasteiger partial charge on any atom is 0.322 e. The molecule has 2 aliphatic heterocycles. The number of carbonyl (C=O) groups excluding carboxylic acids is 1. The van der Waals surface area contributed by atoms with Crippen molar-refractivity contribution in [1.29, 1.82) is 0 Å². The number of nitrogens with zero attached hydrogens (tertiary/aromatic N) is 2. The first kappa shape index (κ1) is 16.0. The van der Waals surface area contributed by atoms with Gasteiger partial charge in [-0.2, -0.15) is 0 Å². The average molecular weight is 340 g/mol. The molecule has 6 nitrogen and oxygen atoms in total. The van der Waals surface area contributed by atoms with Gasteiger partial charge in [0.05, 0.1) is 19.0 Å². The number of fused-ring (bicyclic) bond motifs is 1. The Bertz CT molecular complexity index is 724. The van der Waals surface area contributed by atoms with Crippen LogP contribution in [0.1, 0.15) is 31.7 Å². The highest BCUT2D eigenvalue weighted by Crippen LogP contribution is 2.36. The second-order valence-electron chi connectivity index (χ2n) is 6.69. The molecule has 2 N–H and O–H groups in total. The van der Waals surface area contributed by atoms with E-state index in [4.69, 9.17) is 4.74 Å². The van der Waals surface area contributed by atoms with E-state index in [0.717, 1.165) is 42.8 Å². The van der Waals surface area contributed by atoms with E-state index in [0.29, 0.717) is 19.2 Å². The van der Waals surface area contributed by atoms with Crippen molar-refractivity contribution in [3.05, 3.63) is 29.8 Å². The molecule has 1 atom stereocenters. The average Bonchev–Trinajstić information content (AvgIpc) is 3.28. The van der Waals surface area contributed by atoms with Crippen molar-refractivity contribution in [2.24, 2.45) is 4.99 Å². The molecule has 25 heavy (non-hydrogen) atoms. The monoisotopic (exact) mass is 340 g/mol. The van der Waals surface area contributed by atoms with Crippen LogP contribution in [0.25, 0.3) is 5.57 Å². The Kier molecular flexibility index (Phi) is 4.34. The number of aliphatic imine (C=N–C) groups is 1. The van der Waals surface area contributed by atoms with Gasteiger partial charge in [-0.25, -0.2) is 4.79 Å². The van der Waals surface area contributed by atoms with E-state index in [-0.39, 0.29) is 12.1 Å². The first-order valence-electron chi connectivity index (χ1n) is 9.05. The molecule has 1 aromatic carbocycles. The molecule has 0 spiro atoms.